The zero-order chi connectivity index (χ0) is 13.7. The number of furan rings is 1. The van der Waals surface area contributed by atoms with Gasteiger partial charge in [-0.05, 0) is 31.2 Å². The number of rotatable bonds is 6. The quantitative estimate of drug-likeness (QED) is 0.826. The fourth-order valence-corrected chi connectivity index (χ4v) is 2.69. The number of hydrogen-bond donors (Lipinski definition) is 1. The standard InChI is InChI=1S/C14H17NO3S/c1-10-3-4-11(18-10)8-15-9-13-6-5-12(19-13)7-14(16)17-2/h3-6,15H,7-9H2,1-2H3. The first kappa shape index (κ1) is 13.8. The van der Waals surface area contributed by atoms with E-state index < -0.39 is 0 Å². The Kier molecular flexibility index (Phi) is 4.76. The highest BCUT2D eigenvalue weighted by Crippen LogP contribution is 2.17. The molecule has 5 heteroatoms. The maximum Gasteiger partial charge on any atom is 0.310 e. The summed E-state index contributed by atoms with van der Waals surface area (Å²) >= 11 is 1.62. The Morgan fingerprint density at radius 2 is 2.05 bits per heavy atom. The van der Waals surface area contributed by atoms with E-state index in [1.165, 1.54) is 12.0 Å². The Morgan fingerprint density at radius 3 is 2.74 bits per heavy atom. The van der Waals surface area contributed by atoms with E-state index >= 15 is 0 Å². The SMILES string of the molecule is COC(=O)Cc1ccc(CNCc2ccc(C)o2)s1. The van der Waals surface area contributed by atoms with Gasteiger partial charge in [-0.3, -0.25) is 4.79 Å². The molecule has 0 fully saturated rings. The zero-order valence-corrected chi connectivity index (χ0v) is 11.9. The van der Waals surface area contributed by atoms with Gasteiger partial charge in [0.15, 0.2) is 0 Å². The van der Waals surface area contributed by atoms with Crippen molar-refractivity contribution < 1.29 is 13.9 Å². The number of hydrogen-bond acceptors (Lipinski definition) is 5. The molecular formula is C14H17NO3S. The molecule has 0 aliphatic rings. The number of esters is 1. The predicted octanol–water partition coefficient (Wildman–Crippen LogP) is 2.65. The maximum absolute atomic E-state index is 11.1. The first-order valence-corrected chi connectivity index (χ1v) is 6.89. The predicted molar refractivity (Wildman–Crippen MR) is 74.0 cm³/mol. The van der Waals surface area contributed by atoms with Crippen LogP contribution in [0.2, 0.25) is 0 Å². The summed E-state index contributed by atoms with van der Waals surface area (Å²) in [4.78, 5) is 13.4. The molecule has 4 nitrogen and oxygen atoms in total. The molecule has 2 aromatic heterocycles. The molecule has 0 aliphatic heterocycles. The van der Waals surface area contributed by atoms with E-state index in [1.54, 1.807) is 11.3 Å². The van der Waals surface area contributed by atoms with Crippen LogP contribution in [-0.4, -0.2) is 13.1 Å². The minimum absolute atomic E-state index is 0.201. The van der Waals surface area contributed by atoms with Crippen LogP contribution in [0.5, 0.6) is 0 Å². The van der Waals surface area contributed by atoms with Crippen LogP contribution < -0.4 is 5.32 Å². The van der Waals surface area contributed by atoms with E-state index in [2.05, 4.69) is 10.1 Å². The molecule has 0 aromatic carbocycles. The third kappa shape index (κ3) is 4.22. The van der Waals surface area contributed by atoms with Gasteiger partial charge in [0, 0.05) is 16.3 Å². The second kappa shape index (κ2) is 6.54. The molecule has 0 radical (unpaired) electrons. The number of carbonyl (C=O) groups is 1. The Labute approximate surface area is 116 Å². The highest BCUT2D eigenvalue weighted by molar-refractivity contribution is 7.12. The van der Waals surface area contributed by atoms with Gasteiger partial charge in [-0.25, -0.2) is 0 Å². The Balaban J connectivity index is 1.78. The molecule has 0 saturated carbocycles. The van der Waals surface area contributed by atoms with Crippen molar-refractivity contribution in [2.75, 3.05) is 7.11 Å². The van der Waals surface area contributed by atoms with Gasteiger partial charge in [0.2, 0.25) is 0 Å². The van der Waals surface area contributed by atoms with Crippen molar-refractivity contribution in [2.45, 2.75) is 26.4 Å². The number of methoxy groups -OCH3 is 1. The van der Waals surface area contributed by atoms with E-state index in [-0.39, 0.29) is 5.97 Å². The number of ether oxygens (including phenoxy) is 1. The molecule has 1 N–H and O–H groups in total. The summed E-state index contributed by atoms with van der Waals surface area (Å²) in [5.41, 5.74) is 0. The van der Waals surface area contributed by atoms with E-state index in [0.29, 0.717) is 13.0 Å². The Hall–Kier alpha value is -1.59. The lowest BCUT2D eigenvalue weighted by molar-refractivity contribution is -0.139. The highest BCUT2D eigenvalue weighted by atomic mass is 32.1. The van der Waals surface area contributed by atoms with Gasteiger partial charge < -0.3 is 14.5 Å². The molecule has 2 rings (SSSR count). The summed E-state index contributed by atoms with van der Waals surface area (Å²) in [7, 11) is 1.41. The lowest BCUT2D eigenvalue weighted by atomic mass is 10.3. The molecule has 19 heavy (non-hydrogen) atoms. The minimum Gasteiger partial charge on any atom is -0.469 e. The van der Waals surface area contributed by atoms with Crippen LogP contribution >= 0.6 is 11.3 Å². The Morgan fingerprint density at radius 1 is 1.26 bits per heavy atom. The van der Waals surface area contributed by atoms with Crippen LogP contribution in [-0.2, 0) is 29.0 Å². The second-order valence-electron chi connectivity index (χ2n) is 4.24. The van der Waals surface area contributed by atoms with Gasteiger partial charge in [-0.1, -0.05) is 0 Å². The third-order valence-electron chi connectivity index (χ3n) is 2.66. The summed E-state index contributed by atoms with van der Waals surface area (Å²) in [5.74, 6) is 1.66. The molecule has 0 aliphatic carbocycles. The highest BCUT2D eigenvalue weighted by Gasteiger charge is 2.06. The van der Waals surface area contributed by atoms with Crippen LogP contribution in [0.15, 0.2) is 28.7 Å². The average Bonchev–Trinajstić information content (AvgIpc) is 2.99. The van der Waals surface area contributed by atoms with Crippen molar-refractivity contribution in [3.63, 3.8) is 0 Å². The fraction of sp³-hybridized carbons (Fsp3) is 0.357. The van der Waals surface area contributed by atoms with Crippen molar-refractivity contribution in [1.82, 2.24) is 5.32 Å². The Bertz CT molecular complexity index is 544. The lowest BCUT2D eigenvalue weighted by Gasteiger charge is -2.00. The van der Waals surface area contributed by atoms with Gasteiger partial charge >= 0.3 is 5.97 Å². The zero-order valence-electron chi connectivity index (χ0n) is 11.1. The van der Waals surface area contributed by atoms with E-state index in [1.807, 2.05) is 31.2 Å². The topological polar surface area (TPSA) is 51.5 Å². The fourth-order valence-electron chi connectivity index (χ4n) is 1.72. The normalized spacial score (nSPS) is 10.6. The van der Waals surface area contributed by atoms with Crippen molar-refractivity contribution in [3.8, 4) is 0 Å². The van der Waals surface area contributed by atoms with Gasteiger partial charge in [0.05, 0.1) is 20.1 Å². The molecule has 0 unspecified atom stereocenters. The molecule has 102 valence electrons. The van der Waals surface area contributed by atoms with Gasteiger partial charge in [-0.15, -0.1) is 11.3 Å². The summed E-state index contributed by atoms with van der Waals surface area (Å²) in [6.45, 7) is 3.41. The number of aryl methyl sites for hydroxylation is 1. The van der Waals surface area contributed by atoms with E-state index in [0.717, 1.165) is 22.9 Å². The number of nitrogens with one attached hydrogen (secondary N) is 1. The van der Waals surface area contributed by atoms with Crippen LogP contribution in [0.4, 0.5) is 0 Å². The summed E-state index contributed by atoms with van der Waals surface area (Å²) < 4.78 is 10.1. The van der Waals surface area contributed by atoms with Crippen molar-refractivity contribution in [1.29, 1.82) is 0 Å². The van der Waals surface area contributed by atoms with Gasteiger partial charge in [-0.2, -0.15) is 0 Å². The minimum atomic E-state index is -0.201. The third-order valence-corrected chi connectivity index (χ3v) is 3.74. The summed E-state index contributed by atoms with van der Waals surface area (Å²) in [5, 5.41) is 3.31. The molecule has 0 spiro atoms. The smallest absolute Gasteiger partial charge is 0.310 e. The van der Waals surface area contributed by atoms with E-state index in [9.17, 15) is 4.79 Å². The summed E-state index contributed by atoms with van der Waals surface area (Å²) in [6.07, 6.45) is 0.346. The van der Waals surface area contributed by atoms with Crippen LogP contribution in [0, 0.1) is 6.92 Å². The number of carbonyl (C=O) groups excluding carboxylic acids is 1. The van der Waals surface area contributed by atoms with Crippen LogP contribution in [0.1, 0.15) is 21.3 Å². The van der Waals surface area contributed by atoms with Crippen LogP contribution in [0.3, 0.4) is 0 Å². The number of thiophene rings is 1. The second-order valence-corrected chi connectivity index (χ2v) is 5.49. The van der Waals surface area contributed by atoms with Crippen molar-refractivity contribution >= 4 is 17.3 Å². The first-order chi connectivity index (χ1) is 9.17. The largest absolute Gasteiger partial charge is 0.469 e. The van der Waals surface area contributed by atoms with Gasteiger partial charge in [0.1, 0.15) is 11.5 Å². The van der Waals surface area contributed by atoms with E-state index in [4.69, 9.17) is 4.42 Å². The maximum atomic E-state index is 11.1. The monoisotopic (exact) mass is 279 g/mol. The van der Waals surface area contributed by atoms with Crippen molar-refractivity contribution in [3.05, 3.63) is 45.5 Å². The van der Waals surface area contributed by atoms with Crippen molar-refractivity contribution in [2.24, 2.45) is 0 Å². The van der Waals surface area contributed by atoms with Crippen LogP contribution in [0.25, 0.3) is 0 Å². The molecule has 2 heterocycles. The molecule has 0 bridgehead atoms. The average molecular weight is 279 g/mol. The molecule has 0 amide bonds. The molecule has 0 saturated heterocycles. The summed E-state index contributed by atoms with van der Waals surface area (Å²) in [6, 6.07) is 7.93. The molecule has 0 atom stereocenters. The van der Waals surface area contributed by atoms with Gasteiger partial charge in [0.25, 0.3) is 0 Å². The first-order valence-electron chi connectivity index (χ1n) is 6.08. The lowest BCUT2D eigenvalue weighted by Crippen LogP contribution is -2.10. The molecule has 2 aromatic rings. The molecular weight excluding hydrogens is 262 g/mol.